The lowest BCUT2D eigenvalue weighted by Gasteiger charge is -2.19. The molecule has 0 fully saturated rings. The van der Waals surface area contributed by atoms with Gasteiger partial charge in [-0.2, -0.15) is 13.2 Å². The van der Waals surface area contributed by atoms with Crippen LogP contribution in [0.4, 0.5) is 17.6 Å². The lowest BCUT2D eigenvalue weighted by atomic mass is 10.0. The molecule has 19 heavy (non-hydrogen) atoms. The number of benzene rings is 1. The summed E-state index contributed by atoms with van der Waals surface area (Å²) in [5.41, 5.74) is 0.232. The van der Waals surface area contributed by atoms with E-state index in [-0.39, 0.29) is 24.3 Å². The maximum absolute atomic E-state index is 13.5. The van der Waals surface area contributed by atoms with Gasteiger partial charge in [-0.25, -0.2) is 4.39 Å². The molecular weight excluding hydrogens is 266 g/mol. The van der Waals surface area contributed by atoms with E-state index < -0.39 is 23.9 Å². The molecule has 1 amide bonds. The molecule has 0 spiro atoms. The van der Waals surface area contributed by atoms with E-state index in [4.69, 9.17) is 4.74 Å². The Balaban J connectivity index is 2.28. The highest BCUT2D eigenvalue weighted by Crippen LogP contribution is 2.34. The fourth-order valence-corrected chi connectivity index (χ4v) is 1.96. The van der Waals surface area contributed by atoms with Gasteiger partial charge in [0, 0.05) is 5.56 Å². The van der Waals surface area contributed by atoms with Crippen LogP contribution in [0.3, 0.4) is 0 Å². The van der Waals surface area contributed by atoms with Crippen molar-refractivity contribution in [3.05, 3.63) is 29.6 Å². The second-order valence-corrected chi connectivity index (χ2v) is 4.17. The molecule has 3 nitrogen and oxygen atoms in total. The quantitative estimate of drug-likeness (QED) is 0.801. The smallest absolute Gasteiger partial charge is 0.471 e. The summed E-state index contributed by atoms with van der Waals surface area (Å²) in [6, 6.07) is 3.08. The van der Waals surface area contributed by atoms with E-state index in [0.29, 0.717) is 6.42 Å². The fraction of sp³-hybridized carbons (Fsp3) is 0.417. The highest BCUT2D eigenvalue weighted by molar-refractivity contribution is 5.82. The highest BCUT2D eigenvalue weighted by Gasteiger charge is 2.40. The lowest BCUT2D eigenvalue weighted by molar-refractivity contribution is -0.174. The molecule has 0 aromatic heterocycles. The predicted octanol–water partition coefficient (Wildman–Crippen LogP) is 2.72. The van der Waals surface area contributed by atoms with Gasteiger partial charge in [0.05, 0.1) is 12.6 Å². The Morgan fingerprint density at radius 3 is 2.79 bits per heavy atom. The minimum atomic E-state index is -4.96. The SMILES string of the molecule is O=C(NC1CCCOc2c(F)cccc21)C(F)(F)F. The molecule has 1 heterocycles. The zero-order valence-corrected chi connectivity index (χ0v) is 9.76. The van der Waals surface area contributed by atoms with Crippen LogP contribution < -0.4 is 10.1 Å². The first-order chi connectivity index (χ1) is 8.89. The molecule has 104 valence electrons. The molecule has 1 aliphatic heterocycles. The summed E-state index contributed by atoms with van der Waals surface area (Å²) in [4.78, 5) is 11.0. The van der Waals surface area contributed by atoms with Crippen molar-refractivity contribution in [2.45, 2.75) is 25.1 Å². The first kappa shape index (κ1) is 13.6. The van der Waals surface area contributed by atoms with Crippen LogP contribution in [-0.4, -0.2) is 18.7 Å². The zero-order valence-electron chi connectivity index (χ0n) is 9.76. The van der Waals surface area contributed by atoms with Gasteiger partial charge in [0.2, 0.25) is 0 Å². The number of carbonyl (C=O) groups is 1. The second-order valence-electron chi connectivity index (χ2n) is 4.17. The number of fused-ring (bicyclic) bond motifs is 1. The molecule has 0 saturated carbocycles. The number of ether oxygens (including phenoxy) is 1. The minimum Gasteiger partial charge on any atom is -0.490 e. The number of halogens is 4. The van der Waals surface area contributed by atoms with Crippen LogP contribution in [0.1, 0.15) is 24.4 Å². The van der Waals surface area contributed by atoms with Gasteiger partial charge in [-0.15, -0.1) is 0 Å². The number of hydrogen-bond donors (Lipinski definition) is 1. The maximum atomic E-state index is 13.5. The lowest BCUT2D eigenvalue weighted by Crippen LogP contribution is -2.39. The van der Waals surface area contributed by atoms with Crippen LogP contribution in [0.15, 0.2) is 18.2 Å². The first-order valence-corrected chi connectivity index (χ1v) is 5.68. The Bertz CT molecular complexity index is 487. The first-order valence-electron chi connectivity index (χ1n) is 5.68. The number of rotatable bonds is 1. The molecule has 0 saturated heterocycles. The summed E-state index contributed by atoms with van der Waals surface area (Å²) in [5.74, 6) is -2.77. The van der Waals surface area contributed by atoms with Gasteiger partial charge < -0.3 is 10.1 Å². The number of hydrogen-bond acceptors (Lipinski definition) is 2. The van der Waals surface area contributed by atoms with Crippen LogP contribution in [0.2, 0.25) is 0 Å². The van der Waals surface area contributed by atoms with Gasteiger partial charge in [0.15, 0.2) is 11.6 Å². The molecule has 1 N–H and O–H groups in total. The Morgan fingerprint density at radius 1 is 1.37 bits per heavy atom. The van der Waals surface area contributed by atoms with Crippen molar-refractivity contribution in [2.24, 2.45) is 0 Å². The maximum Gasteiger partial charge on any atom is 0.471 e. The van der Waals surface area contributed by atoms with Gasteiger partial charge in [0.1, 0.15) is 0 Å². The molecule has 1 aromatic rings. The van der Waals surface area contributed by atoms with Gasteiger partial charge in [-0.1, -0.05) is 12.1 Å². The molecule has 0 bridgehead atoms. The van der Waals surface area contributed by atoms with Gasteiger partial charge >= 0.3 is 12.1 Å². The molecule has 0 aliphatic carbocycles. The molecule has 1 aromatic carbocycles. The van der Waals surface area contributed by atoms with E-state index in [1.54, 1.807) is 0 Å². The van der Waals surface area contributed by atoms with E-state index in [2.05, 4.69) is 0 Å². The van der Waals surface area contributed by atoms with Crippen molar-refractivity contribution in [2.75, 3.05) is 6.61 Å². The third kappa shape index (κ3) is 2.97. The number of para-hydroxylation sites is 1. The predicted molar refractivity (Wildman–Crippen MR) is 58.1 cm³/mol. The largest absolute Gasteiger partial charge is 0.490 e. The van der Waals surface area contributed by atoms with Gasteiger partial charge in [0.25, 0.3) is 0 Å². The summed E-state index contributed by atoms with van der Waals surface area (Å²) >= 11 is 0. The summed E-state index contributed by atoms with van der Waals surface area (Å²) in [6.07, 6.45) is -4.27. The topological polar surface area (TPSA) is 38.3 Å². The molecule has 1 atom stereocenters. The van der Waals surface area contributed by atoms with E-state index in [1.807, 2.05) is 5.32 Å². The van der Waals surface area contributed by atoms with Gasteiger partial charge in [-0.3, -0.25) is 4.79 Å². The average Bonchev–Trinajstić information content (AvgIpc) is 2.52. The molecule has 7 heteroatoms. The van der Waals surface area contributed by atoms with Crippen molar-refractivity contribution in [1.82, 2.24) is 5.32 Å². The van der Waals surface area contributed by atoms with Crippen LogP contribution in [0, 0.1) is 5.82 Å². The summed E-state index contributed by atoms with van der Waals surface area (Å²) in [7, 11) is 0. The zero-order chi connectivity index (χ0) is 14.0. The Labute approximate surface area is 106 Å². The fourth-order valence-electron chi connectivity index (χ4n) is 1.96. The molecular formula is C12H11F4NO2. The monoisotopic (exact) mass is 277 g/mol. The van der Waals surface area contributed by atoms with Gasteiger partial charge in [-0.05, 0) is 18.9 Å². The van der Waals surface area contributed by atoms with Crippen molar-refractivity contribution >= 4 is 5.91 Å². The highest BCUT2D eigenvalue weighted by atomic mass is 19.4. The van der Waals surface area contributed by atoms with Crippen molar-refractivity contribution in [3.8, 4) is 5.75 Å². The Hall–Kier alpha value is -1.79. The van der Waals surface area contributed by atoms with Crippen LogP contribution in [0.25, 0.3) is 0 Å². The Morgan fingerprint density at radius 2 is 2.11 bits per heavy atom. The number of amides is 1. The van der Waals surface area contributed by atoms with Crippen molar-refractivity contribution < 1.29 is 27.1 Å². The molecule has 1 aliphatic rings. The van der Waals surface area contributed by atoms with Crippen molar-refractivity contribution in [1.29, 1.82) is 0 Å². The number of alkyl halides is 3. The molecule has 1 unspecified atom stereocenters. The molecule has 2 rings (SSSR count). The third-order valence-corrected chi connectivity index (χ3v) is 2.82. The second kappa shape index (κ2) is 5.07. The standard InChI is InChI=1S/C12H11F4NO2/c13-8-4-1-3-7-9(5-2-6-19-10(7)8)17-11(18)12(14,15)16/h1,3-4,9H,2,5-6H2,(H,17,18). The number of carbonyl (C=O) groups excluding carboxylic acids is 1. The summed E-state index contributed by atoms with van der Waals surface area (Å²) in [6.45, 7) is 0.201. The van der Waals surface area contributed by atoms with E-state index in [9.17, 15) is 22.4 Å². The normalized spacial score (nSPS) is 19.1. The number of nitrogens with one attached hydrogen (secondary N) is 1. The van der Waals surface area contributed by atoms with Crippen LogP contribution >= 0.6 is 0 Å². The van der Waals surface area contributed by atoms with E-state index in [1.165, 1.54) is 12.1 Å². The summed E-state index contributed by atoms with van der Waals surface area (Å²) < 4.78 is 55.4. The average molecular weight is 277 g/mol. The van der Waals surface area contributed by atoms with Crippen molar-refractivity contribution in [3.63, 3.8) is 0 Å². The minimum absolute atomic E-state index is 0.0903. The summed E-state index contributed by atoms with van der Waals surface area (Å²) in [5, 5.41) is 1.87. The van der Waals surface area contributed by atoms with Crippen LogP contribution in [-0.2, 0) is 4.79 Å². The Kier molecular flexibility index (Phi) is 3.64. The van der Waals surface area contributed by atoms with E-state index >= 15 is 0 Å². The third-order valence-electron chi connectivity index (χ3n) is 2.82. The van der Waals surface area contributed by atoms with E-state index in [0.717, 1.165) is 6.07 Å². The van der Waals surface area contributed by atoms with Crippen LogP contribution in [0.5, 0.6) is 5.75 Å². The molecule has 0 radical (unpaired) electrons.